The highest BCUT2D eigenvalue weighted by Crippen LogP contribution is 2.45. The Balaban J connectivity index is 5.20. The number of ether oxygens (including phenoxy) is 4. The largest absolute Gasteiger partial charge is 0.472 e. The molecule has 0 saturated carbocycles. The fourth-order valence-electron chi connectivity index (χ4n) is 12.8. The molecule has 19 heteroatoms. The van der Waals surface area contributed by atoms with Crippen molar-refractivity contribution in [1.29, 1.82) is 0 Å². The molecule has 0 aliphatic carbocycles. The first-order valence-corrected chi connectivity index (χ1v) is 45.8. The molecule has 606 valence electrons. The topological polar surface area (TPSA) is 237 Å². The van der Waals surface area contributed by atoms with E-state index in [1.54, 1.807) is 0 Å². The second-order valence-electron chi connectivity index (χ2n) is 31.3. The van der Waals surface area contributed by atoms with E-state index < -0.39 is 97.5 Å². The molecule has 17 nitrogen and oxygen atoms in total. The summed E-state index contributed by atoms with van der Waals surface area (Å²) in [6.45, 7) is 11.9. The number of carbonyl (C=O) groups is 4. The van der Waals surface area contributed by atoms with E-state index >= 15 is 0 Å². The van der Waals surface area contributed by atoms with Gasteiger partial charge in [0.15, 0.2) is 12.2 Å². The zero-order chi connectivity index (χ0) is 75.1. The van der Waals surface area contributed by atoms with Crippen LogP contribution in [0.3, 0.4) is 0 Å². The van der Waals surface area contributed by atoms with Crippen LogP contribution in [0.4, 0.5) is 0 Å². The first-order chi connectivity index (χ1) is 49.2. The Bertz CT molecular complexity index is 1970. The lowest BCUT2D eigenvalue weighted by atomic mass is 10.0. The SMILES string of the molecule is CCCCCCCCCCCCCCCCCCCCCCCC(=O)O[C@H](COC(=O)CCCCCCCCCCCCCCCCCCC(C)C)COP(=O)(O)OC[C@@H](O)COP(=O)(O)OC[C@@H](COC(=O)CCCCCCCCC(C)C)OC(=O)CCCCCCCCCCCCC(C)C. The maximum atomic E-state index is 13.1. The molecule has 5 atom stereocenters. The van der Waals surface area contributed by atoms with Gasteiger partial charge in [-0.05, 0) is 43.4 Å². The highest BCUT2D eigenvalue weighted by atomic mass is 31.2. The van der Waals surface area contributed by atoms with E-state index in [0.717, 1.165) is 108 Å². The van der Waals surface area contributed by atoms with Gasteiger partial charge in [-0.3, -0.25) is 37.3 Å². The van der Waals surface area contributed by atoms with Gasteiger partial charge >= 0.3 is 39.5 Å². The smallest absolute Gasteiger partial charge is 0.462 e. The highest BCUT2D eigenvalue weighted by molar-refractivity contribution is 7.47. The van der Waals surface area contributed by atoms with Crippen molar-refractivity contribution in [3.63, 3.8) is 0 Å². The van der Waals surface area contributed by atoms with Gasteiger partial charge in [-0.1, -0.05) is 382 Å². The van der Waals surface area contributed by atoms with Gasteiger partial charge in [0, 0.05) is 25.7 Å². The van der Waals surface area contributed by atoms with Crippen LogP contribution in [0.1, 0.15) is 434 Å². The van der Waals surface area contributed by atoms with Crippen LogP contribution in [0.25, 0.3) is 0 Å². The molecule has 2 unspecified atom stereocenters. The van der Waals surface area contributed by atoms with E-state index in [4.69, 9.17) is 37.0 Å². The zero-order valence-corrected chi connectivity index (χ0v) is 68.9. The van der Waals surface area contributed by atoms with Gasteiger partial charge in [0.1, 0.15) is 19.3 Å². The van der Waals surface area contributed by atoms with E-state index in [2.05, 4.69) is 48.5 Å². The van der Waals surface area contributed by atoms with Crippen molar-refractivity contribution in [2.75, 3.05) is 39.6 Å². The molecule has 0 spiro atoms. The van der Waals surface area contributed by atoms with Crippen LogP contribution in [0, 0.1) is 17.8 Å². The minimum atomic E-state index is -4.96. The average molecular weight is 1490 g/mol. The van der Waals surface area contributed by atoms with Gasteiger partial charge < -0.3 is 33.8 Å². The van der Waals surface area contributed by atoms with Crippen LogP contribution in [0.2, 0.25) is 0 Å². The number of esters is 4. The third kappa shape index (κ3) is 76.3. The molecule has 0 fully saturated rings. The summed E-state index contributed by atoms with van der Waals surface area (Å²) in [4.78, 5) is 73.0. The van der Waals surface area contributed by atoms with Gasteiger partial charge in [-0.2, -0.15) is 0 Å². The van der Waals surface area contributed by atoms with Crippen LogP contribution >= 0.6 is 15.6 Å². The predicted molar refractivity (Wildman–Crippen MR) is 418 cm³/mol. The van der Waals surface area contributed by atoms with Gasteiger partial charge in [-0.25, -0.2) is 9.13 Å². The lowest BCUT2D eigenvalue weighted by Gasteiger charge is -2.21. The number of hydrogen-bond acceptors (Lipinski definition) is 15. The number of rotatable bonds is 81. The fraction of sp³-hybridized carbons (Fsp3) is 0.952. The predicted octanol–water partition coefficient (Wildman–Crippen LogP) is 24.9. The monoisotopic (exact) mass is 1490 g/mol. The third-order valence-electron chi connectivity index (χ3n) is 19.4. The van der Waals surface area contributed by atoms with Crippen molar-refractivity contribution >= 4 is 39.5 Å². The fourth-order valence-corrected chi connectivity index (χ4v) is 14.4. The van der Waals surface area contributed by atoms with Crippen LogP contribution in [-0.4, -0.2) is 96.7 Å². The Morgan fingerprint density at radius 2 is 0.451 bits per heavy atom. The minimum Gasteiger partial charge on any atom is -0.462 e. The van der Waals surface area contributed by atoms with Crippen LogP contribution in [-0.2, 0) is 65.4 Å². The van der Waals surface area contributed by atoms with Gasteiger partial charge in [-0.15, -0.1) is 0 Å². The molecule has 0 heterocycles. The molecule has 0 aromatic carbocycles. The van der Waals surface area contributed by atoms with E-state index in [-0.39, 0.29) is 25.7 Å². The third-order valence-corrected chi connectivity index (χ3v) is 21.3. The average Bonchev–Trinajstić information content (AvgIpc) is 0.909. The summed E-state index contributed by atoms with van der Waals surface area (Å²) in [5.41, 5.74) is 0. The maximum absolute atomic E-state index is 13.1. The molecule has 3 N–H and O–H groups in total. The van der Waals surface area contributed by atoms with E-state index in [1.165, 1.54) is 238 Å². The van der Waals surface area contributed by atoms with Crippen LogP contribution in [0.5, 0.6) is 0 Å². The summed E-state index contributed by atoms with van der Waals surface area (Å²) >= 11 is 0. The summed E-state index contributed by atoms with van der Waals surface area (Å²) in [5.74, 6) is 0.131. The molecular weight excluding hydrogens is 1330 g/mol. The summed E-state index contributed by atoms with van der Waals surface area (Å²) < 4.78 is 68.7. The number of aliphatic hydroxyl groups excluding tert-OH is 1. The number of carbonyl (C=O) groups excluding carboxylic acids is 4. The van der Waals surface area contributed by atoms with Gasteiger partial charge in [0.05, 0.1) is 26.4 Å². The van der Waals surface area contributed by atoms with Crippen molar-refractivity contribution in [2.45, 2.75) is 452 Å². The number of phosphoric ester groups is 2. The Hall–Kier alpha value is -1.94. The van der Waals surface area contributed by atoms with Crippen LogP contribution < -0.4 is 0 Å². The zero-order valence-electron chi connectivity index (χ0n) is 67.1. The summed E-state index contributed by atoms with van der Waals surface area (Å²) in [5, 5.41) is 10.6. The summed E-state index contributed by atoms with van der Waals surface area (Å²) in [6.07, 6.45) is 62.8. The van der Waals surface area contributed by atoms with Gasteiger partial charge in [0.25, 0.3) is 0 Å². The minimum absolute atomic E-state index is 0.105. The molecule has 0 aliphatic heterocycles. The number of hydrogen-bond donors (Lipinski definition) is 3. The molecule has 0 amide bonds. The molecule has 0 rings (SSSR count). The maximum Gasteiger partial charge on any atom is 0.472 e. The summed E-state index contributed by atoms with van der Waals surface area (Å²) in [6, 6.07) is 0. The lowest BCUT2D eigenvalue weighted by molar-refractivity contribution is -0.161. The molecule has 0 bridgehead atoms. The molecule has 0 aromatic rings. The standard InChI is InChI=1S/C83H162O17P2/c1-8-9-10-11-12-13-14-15-16-17-18-19-20-21-26-29-32-38-43-52-59-66-82(87)99-78(70-93-80(85)64-57-50-42-37-31-28-25-23-22-24-27-30-35-40-47-54-61-74(2)3)72-97-101(89,90)95-68-77(84)69-96-102(91,92)98-73-79(71-94-81(86)65-58-51-46-45-49-56-63-76(6)7)100-83(88)67-60-53-44-39-34-33-36-41-48-55-62-75(4)5/h74-79,84H,8-73H2,1-7H3,(H,89,90)(H,91,92)/t77-,78-,79-/m1/s1. The number of phosphoric acid groups is 2. The molecule has 0 radical (unpaired) electrons. The quantitative estimate of drug-likeness (QED) is 0.0222. The van der Waals surface area contributed by atoms with E-state index in [1.807, 2.05) is 0 Å². The van der Waals surface area contributed by atoms with Crippen molar-refractivity contribution in [2.24, 2.45) is 17.8 Å². The first kappa shape index (κ1) is 100. The molecule has 0 aliphatic rings. The van der Waals surface area contributed by atoms with Crippen molar-refractivity contribution in [3.8, 4) is 0 Å². The highest BCUT2D eigenvalue weighted by Gasteiger charge is 2.30. The Labute approximate surface area is 626 Å². The second kappa shape index (κ2) is 73.2. The van der Waals surface area contributed by atoms with Crippen molar-refractivity contribution in [1.82, 2.24) is 0 Å². The van der Waals surface area contributed by atoms with E-state index in [0.29, 0.717) is 31.6 Å². The Morgan fingerprint density at radius 1 is 0.265 bits per heavy atom. The Morgan fingerprint density at radius 3 is 0.667 bits per heavy atom. The molecule has 0 saturated heterocycles. The van der Waals surface area contributed by atoms with Crippen LogP contribution in [0.15, 0.2) is 0 Å². The number of aliphatic hydroxyl groups is 1. The molecule has 0 aromatic heterocycles. The van der Waals surface area contributed by atoms with Gasteiger partial charge in [0.2, 0.25) is 0 Å². The van der Waals surface area contributed by atoms with E-state index in [9.17, 15) is 43.2 Å². The summed E-state index contributed by atoms with van der Waals surface area (Å²) in [7, 11) is -9.92. The lowest BCUT2D eigenvalue weighted by Crippen LogP contribution is -2.30. The first-order valence-electron chi connectivity index (χ1n) is 42.8. The number of unbranched alkanes of at least 4 members (excludes halogenated alkanes) is 49. The molecular formula is C83H162O17P2. The van der Waals surface area contributed by atoms with Crippen molar-refractivity contribution < 1.29 is 80.2 Å². The molecule has 102 heavy (non-hydrogen) atoms. The normalized spacial score (nSPS) is 13.9. The van der Waals surface area contributed by atoms with Crippen molar-refractivity contribution in [3.05, 3.63) is 0 Å². The Kier molecular flexibility index (Phi) is 71.8. The second-order valence-corrected chi connectivity index (χ2v) is 34.2.